The van der Waals surface area contributed by atoms with Crippen molar-refractivity contribution in [3.63, 3.8) is 0 Å². The monoisotopic (exact) mass is 300 g/mol. The van der Waals surface area contributed by atoms with Gasteiger partial charge in [-0.15, -0.1) is 0 Å². The van der Waals surface area contributed by atoms with Crippen molar-refractivity contribution in [1.82, 2.24) is 10.2 Å². The van der Waals surface area contributed by atoms with Crippen LogP contribution in [0.15, 0.2) is 0 Å². The molecule has 0 aromatic carbocycles. The summed E-state index contributed by atoms with van der Waals surface area (Å²) in [4.78, 5) is 14.1. The molecule has 1 rings (SSSR count). The molecule has 0 bridgehead atoms. The molecule has 0 spiro atoms. The van der Waals surface area contributed by atoms with Gasteiger partial charge in [0.1, 0.15) is 5.60 Å². The van der Waals surface area contributed by atoms with Crippen LogP contribution in [0, 0.1) is 0 Å². The van der Waals surface area contributed by atoms with Gasteiger partial charge in [-0.3, -0.25) is 0 Å². The molecule has 0 aliphatic carbocycles. The van der Waals surface area contributed by atoms with E-state index in [4.69, 9.17) is 9.47 Å². The Bertz CT molecular complexity index is 328. The van der Waals surface area contributed by atoms with Crippen LogP contribution in [0.5, 0.6) is 0 Å². The average molecular weight is 300 g/mol. The molecule has 1 saturated heterocycles. The summed E-state index contributed by atoms with van der Waals surface area (Å²) in [7, 11) is 1.72. The fourth-order valence-corrected chi connectivity index (χ4v) is 2.69. The topological polar surface area (TPSA) is 50.8 Å². The Morgan fingerprint density at radius 1 is 1.43 bits per heavy atom. The summed E-state index contributed by atoms with van der Waals surface area (Å²) >= 11 is 0. The van der Waals surface area contributed by atoms with E-state index in [0.717, 1.165) is 32.4 Å². The van der Waals surface area contributed by atoms with Gasteiger partial charge >= 0.3 is 6.09 Å². The molecule has 0 aromatic rings. The molecule has 5 nitrogen and oxygen atoms in total. The summed E-state index contributed by atoms with van der Waals surface area (Å²) in [6.07, 6.45) is 2.88. The standard InChI is InChI=1S/C16H32N2O3/c1-12(9-11-20-6)17-14-8-7-10-18(13(14)2)15(19)21-16(3,4)5/h12-14,17H,7-11H2,1-6H3. The number of carbonyl (C=O) groups excluding carboxylic acids is 1. The van der Waals surface area contributed by atoms with Crippen molar-refractivity contribution >= 4 is 6.09 Å². The van der Waals surface area contributed by atoms with Crippen LogP contribution in [-0.2, 0) is 9.47 Å². The summed E-state index contributed by atoms with van der Waals surface area (Å²) in [6.45, 7) is 11.5. The summed E-state index contributed by atoms with van der Waals surface area (Å²) in [6, 6.07) is 0.854. The Balaban J connectivity index is 2.55. The lowest BCUT2D eigenvalue weighted by Gasteiger charge is -2.41. The number of nitrogens with one attached hydrogen (secondary N) is 1. The molecule has 0 aromatic heterocycles. The number of rotatable bonds is 5. The molecule has 21 heavy (non-hydrogen) atoms. The van der Waals surface area contributed by atoms with E-state index in [1.807, 2.05) is 25.7 Å². The summed E-state index contributed by atoms with van der Waals surface area (Å²) in [5.74, 6) is 0. The van der Waals surface area contributed by atoms with Crippen molar-refractivity contribution in [2.75, 3.05) is 20.3 Å². The highest BCUT2D eigenvalue weighted by Crippen LogP contribution is 2.21. The number of hydrogen-bond acceptors (Lipinski definition) is 4. The molecule has 3 unspecified atom stereocenters. The Morgan fingerprint density at radius 3 is 2.67 bits per heavy atom. The largest absolute Gasteiger partial charge is 0.444 e. The van der Waals surface area contributed by atoms with Crippen LogP contribution in [0.25, 0.3) is 0 Å². The average Bonchev–Trinajstić information content (AvgIpc) is 2.36. The second kappa shape index (κ2) is 7.99. The molecule has 5 heteroatoms. The molecule has 1 N–H and O–H groups in total. The van der Waals surface area contributed by atoms with Gasteiger partial charge < -0.3 is 19.7 Å². The van der Waals surface area contributed by atoms with Gasteiger partial charge in [-0.05, 0) is 53.9 Å². The number of amides is 1. The minimum atomic E-state index is -0.442. The van der Waals surface area contributed by atoms with Crippen molar-refractivity contribution in [2.24, 2.45) is 0 Å². The minimum absolute atomic E-state index is 0.151. The summed E-state index contributed by atoms with van der Waals surface area (Å²) in [5, 5.41) is 3.62. The number of hydrogen-bond donors (Lipinski definition) is 1. The Kier molecular flexibility index (Phi) is 6.94. The first-order valence-corrected chi connectivity index (χ1v) is 7.99. The zero-order chi connectivity index (χ0) is 16.0. The van der Waals surface area contributed by atoms with E-state index in [-0.39, 0.29) is 12.1 Å². The van der Waals surface area contributed by atoms with Gasteiger partial charge in [0.25, 0.3) is 0 Å². The number of methoxy groups -OCH3 is 1. The zero-order valence-corrected chi connectivity index (χ0v) is 14.4. The molecule has 0 saturated carbocycles. The summed E-state index contributed by atoms with van der Waals surface area (Å²) < 4.78 is 10.6. The highest BCUT2D eigenvalue weighted by atomic mass is 16.6. The van der Waals surface area contributed by atoms with E-state index in [1.54, 1.807) is 7.11 Å². The lowest BCUT2D eigenvalue weighted by Crippen LogP contribution is -2.56. The fraction of sp³-hybridized carbons (Fsp3) is 0.938. The molecule has 0 radical (unpaired) electrons. The quantitative estimate of drug-likeness (QED) is 0.848. The molecule has 1 amide bonds. The molecular weight excluding hydrogens is 268 g/mol. The maximum absolute atomic E-state index is 12.3. The fourth-order valence-electron chi connectivity index (χ4n) is 2.69. The summed E-state index contributed by atoms with van der Waals surface area (Å²) in [5.41, 5.74) is -0.442. The molecule has 124 valence electrons. The van der Waals surface area contributed by atoms with Crippen molar-refractivity contribution in [1.29, 1.82) is 0 Å². The maximum Gasteiger partial charge on any atom is 0.410 e. The van der Waals surface area contributed by atoms with E-state index in [2.05, 4.69) is 19.2 Å². The second-order valence-electron chi connectivity index (χ2n) is 7.01. The van der Waals surface area contributed by atoms with Crippen LogP contribution >= 0.6 is 0 Å². The van der Waals surface area contributed by atoms with Gasteiger partial charge in [0, 0.05) is 38.4 Å². The number of piperidine rings is 1. The third-order valence-corrected chi connectivity index (χ3v) is 3.87. The van der Waals surface area contributed by atoms with Crippen molar-refractivity contribution < 1.29 is 14.3 Å². The SMILES string of the molecule is COCCC(C)NC1CCCN(C(=O)OC(C)(C)C)C1C. The molecule has 1 aliphatic rings. The third-order valence-electron chi connectivity index (χ3n) is 3.87. The predicted octanol–water partition coefficient (Wildman–Crippen LogP) is 2.79. The van der Waals surface area contributed by atoms with Crippen LogP contribution < -0.4 is 5.32 Å². The van der Waals surface area contributed by atoms with Gasteiger partial charge in [-0.1, -0.05) is 0 Å². The van der Waals surface area contributed by atoms with Crippen LogP contribution in [0.4, 0.5) is 4.79 Å². The van der Waals surface area contributed by atoms with E-state index in [0.29, 0.717) is 12.1 Å². The van der Waals surface area contributed by atoms with Crippen molar-refractivity contribution in [3.8, 4) is 0 Å². The lowest BCUT2D eigenvalue weighted by atomic mass is 9.96. The number of likely N-dealkylation sites (tertiary alicyclic amines) is 1. The van der Waals surface area contributed by atoms with Gasteiger partial charge in [0.05, 0.1) is 0 Å². The first kappa shape index (κ1) is 18.2. The molecule has 3 atom stereocenters. The molecule has 1 fully saturated rings. The Morgan fingerprint density at radius 2 is 2.10 bits per heavy atom. The van der Waals surface area contributed by atoms with Gasteiger partial charge in [-0.25, -0.2) is 4.79 Å². The lowest BCUT2D eigenvalue weighted by molar-refractivity contribution is 0.00618. The highest BCUT2D eigenvalue weighted by molar-refractivity contribution is 5.68. The highest BCUT2D eigenvalue weighted by Gasteiger charge is 2.34. The van der Waals surface area contributed by atoms with Crippen molar-refractivity contribution in [3.05, 3.63) is 0 Å². The van der Waals surface area contributed by atoms with Crippen LogP contribution in [-0.4, -0.2) is 55.0 Å². The normalized spacial score (nSPS) is 24.8. The van der Waals surface area contributed by atoms with E-state index < -0.39 is 5.60 Å². The van der Waals surface area contributed by atoms with Gasteiger partial charge in [0.2, 0.25) is 0 Å². The minimum Gasteiger partial charge on any atom is -0.444 e. The number of ether oxygens (including phenoxy) is 2. The molecular formula is C16H32N2O3. The number of carbonyl (C=O) groups is 1. The Hall–Kier alpha value is -0.810. The van der Waals surface area contributed by atoms with Crippen LogP contribution in [0.3, 0.4) is 0 Å². The van der Waals surface area contributed by atoms with E-state index in [9.17, 15) is 4.79 Å². The Labute approximate surface area is 129 Å². The second-order valence-corrected chi connectivity index (χ2v) is 7.01. The first-order chi connectivity index (χ1) is 9.74. The van der Waals surface area contributed by atoms with Gasteiger partial charge in [-0.2, -0.15) is 0 Å². The third kappa shape index (κ3) is 6.22. The number of nitrogens with zero attached hydrogens (tertiary/aromatic N) is 1. The van der Waals surface area contributed by atoms with Crippen LogP contribution in [0.2, 0.25) is 0 Å². The van der Waals surface area contributed by atoms with Crippen molar-refractivity contribution in [2.45, 2.75) is 77.6 Å². The maximum atomic E-state index is 12.3. The van der Waals surface area contributed by atoms with Gasteiger partial charge in [0.15, 0.2) is 0 Å². The predicted molar refractivity (Wildman–Crippen MR) is 84.5 cm³/mol. The first-order valence-electron chi connectivity index (χ1n) is 7.99. The van der Waals surface area contributed by atoms with E-state index >= 15 is 0 Å². The van der Waals surface area contributed by atoms with E-state index in [1.165, 1.54) is 0 Å². The van der Waals surface area contributed by atoms with Crippen LogP contribution in [0.1, 0.15) is 53.9 Å². The molecule has 1 aliphatic heterocycles. The smallest absolute Gasteiger partial charge is 0.410 e. The zero-order valence-electron chi connectivity index (χ0n) is 14.4. The molecule has 1 heterocycles.